The molecule has 4 aromatic rings. The second-order valence-electron chi connectivity index (χ2n) is 7.79. The molecule has 0 unspecified atom stereocenters. The molecule has 0 fully saturated rings. The Balaban J connectivity index is 1.69. The molecule has 0 atom stereocenters. The Bertz CT molecular complexity index is 1300. The first kappa shape index (κ1) is 21.5. The highest BCUT2D eigenvalue weighted by Crippen LogP contribution is 2.36. The number of aromatic amines is 1. The molecule has 3 aromatic heterocycles. The number of para-hydroxylation sites is 2. The largest absolute Gasteiger partial charge is 0.389 e. The third-order valence-corrected chi connectivity index (χ3v) is 5.74. The average Bonchev–Trinajstić information content (AvgIpc) is 3.47. The van der Waals surface area contributed by atoms with Crippen molar-refractivity contribution >= 4 is 45.8 Å². The molecule has 0 bridgehead atoms. The van der Waals surface area contributed by atoms with Crippen LogP contribution in [0.2, 0.25) is 0 Å². The van der Waals surface area contributed by atoms with Gasteiger partial charge < -0.3 is 15.0 Å². The van der Waals surface area contributed by atoms with Gasteiger partial charge in [-0.2, -0.15) is 5.10 Å². The lowest BCUT2D eigenvalue weighted by molar-refractivity contribution is -0.111. The first-order chi connectivity index (χ1) is 15.2. The number of anilines is 2. The lowest BCUT2D eigenvalue weighted by Gasteiger charge is -2.20. The van der Waals surface area contributed by atoms with Crippen LogP contribution in [0.15, 0.2) is 55.3 Å². The van der Waals surface area contributed by atoms with Crippen LogP contribution in [0.25, 0.3) is 21.6 Å². The van der Waals surface area contributed by atoms with Crippen molar-refractivity contribution in [2.45, 2.75) is 26.0 Å². The number of aliphatic hydroxyl groups is 1. The molecule has 1 aromatic carbocycles. The van der Waals surface area contributed by atoms with E-state index in [-0.39, 0.29) is 18.4 Å². The van der Waals surface area contributed by atoms with Crippen molar-refractivity contribution in [2.24, 2.45) is 0 Å². The van der Waals surface area contributed by atoms with E-state index in [9.17, 15) is 14.7 Å². The van der Waals surface area contributed by atoms with Crippen LogP contribution in [0.4, 0.5) is 11.6 Å². The van der Waals surface area contributed by atoms with E-state index >= 15 is 0 Å². The second-order valence-corrected chi connectivity index (χ2v) is 8.85. The molecular weight excluding hydrogens is 428 g/mol. The van der Waals surface area contributed by atoms with Crippen LogP contribution >= 0.6 is 11.3 Å². The van der Waals surface area contributed by atoms with Gasteiger partial charge in [0.15, 0.2) is 0 Å². The number of imidazole rings is 1. The van der Waals surface area contributed by atoms with E-state index in [4.69, 9.17) is 0 Å². The molecule has 3 heterocycles. The summed E-state index contributed by atoms with van der Waals surface area (Å²) in [4.78, 5) is 30.5. The highest BCUT2D eigenvalue weighted by atomic mass is 32.1. The molecule has 0 saturated carbocycles. The van der Waals surface area contributed by atoms with Crippen molar-refractivity contribution in [1.82, 2.24) is 19.7 Å². The maximum Gasteiger partial charge on any atom is 0.268 e. The summed E-state index contributed by atoms with van der Waals surface area (Å²) in [6.45, 7) is 7.10. The molecule has 4 N–H and O–H groups in total. The molecule has 0 saturated heterocycles. The number of amides is 2. The number of carbonyl (C=O) groups is 2. The number of hydrogen-bond donors (Lipinski definition) is 4. The van der Waals surface area contributed by atoms with Gasteiger partial charge in [-0.05, 0) is 44.2 Å². The van der Waals surface area contributed by atoms with E-state index in [0.29, 0.717) is 32.6 Å². The molecule has 0 aliphatic heterocycles. The van der Waals surface area contributed by atoms with Crippen LogP contribution in [0.3, 0.4) is 0 Å². The van der Waals surface area contributed by atoms with Crippen molar-refractivity contribution in [3.63, 3.8) is 0 Å². The molecule has 164 valence electrons. The number of benzene rings is 1. The predicted molar refractivity (Wildman–Crippen MR) is 125 cm³/mol. The van der Waals surface area contributed by atoms with E-state index in [1.54, 1.807) is 36.7 Å². The van der Waals surface area contributed by atoms with Gasteiger partial charge in [0.1, 0.15) is 0 Å². The van der Waals surface area contributed by atoms with E-state index < -0.39 is 5.60 Å². The Hall–Kier alpha value is -3.76. The topological polar surface area (TPSA) is 125 Å². The van der Waals surface area contributed by atoms with Crippen molar-refractivity contribution < 1.29 is 14.7 Å². The third kappa shape index (κ3) is 4.46. The number of thiophene rings is 1. The van der Waals surface area contributed by atoms with Crippen molar-refractivity contribution in [3.05, 3.63) is 60.1 Å². The summed E-state index contributed by atoms with van der Waals surface area (Å²) >= 11 is 1.20. The van der Waals surface area contributed by atoms with E-state index in [2.05, 4.69) is 32.4 Å². The van der Waals surface area contributed by atoms with Crippen LogP contribution in [0.5, 0.6) is 0 Å². The molecule has 0 radical (unpaired) electrons. The summed E-state index contributed by atoms with van der Waals surface area (Å²) in [7, 11) is 0. The third-order valence-electron chi connectivity index (χ3n) is 4.57. The monoisotopic (exact) mass is 450 g/mol. The van der Waals surface area contributed by atoms with Gasteiger partial charge in [0.25, 0.3) is 5.91 Å². The van der Waals surface area contributed by atoms with Gasteiger partial charge in [0.05, 0.1) is 44.3 Å². The predicted octanol–water partition coefficient (Wildman–Crippen LogP) is 3.64. The van der Waals surface area contributed by atoms with Crippen molar-refractivity contribution in [1.29, 1.82) is 0 Å². The van der Waals surface area contributed by atoms with Crippen LogP contribution in [-0.4, -0.2) is 42.3 Å². The normalized spacial score (nSPS) is 11.5. The van der Waals surface area contributed by atoms with E-state index in [1.807, 2.05) is 24.3 Å². The number of nitrogens with one attached hydrogen (secondary N) is 3. The van der Waals surface area contributed by atoms with Crippen LogP contribution in [0, 0.1) is 0 Å². The number of fused-ring (bicyclic) bond motifs is 1. The highest BCUT2D eigenvalue weighted by molar-refractivity contribution is 7.18. The first-order valence-electron chi connectivity index (χ1n) is 9.81. The maximum absolute atomic E-state index is 13.1. The van der Waals surface area contributed by atoms with Crippen molar-refractivity contribution in [2.75, 3.05) is 10.6 Å². The fourth-order valence-corrected chi connectivity index (χ4v) is 4.23. The van der Waals surface area contributed by atoms with Gasteiger partial charge in [-0.15, -0.1) is 11.3 Å². The summed E-state index contributed by atoms with van der Waals surface area (Å²) in [5.41, 5.74) is 1.63. The zero-order valence-corrected chi connectivity index (χ0v) is 18.4. The van der Waals surface area contributed by atoms with E-state index in [0.717, 1.165) is 11.6 Å². The van der Waals surface area contributed by atoms with Crippen molar-refractivity contribution in [3.8, 4) is 10.6 Å². The van der Waals surface area contributed by atoms with Gasteiger partial charge in [-0.3, -0.25) is 20.0 Å². The summed E-state index contributed by atoms with van der Waals surface area (Å²) in [6, 6.07) is 10.8. The molecule has 9 nitrogen and oxygen atoms in total. The Morgan fingerprint density at radius 1 is 1.28 bits per heavy atom. The molecule has 0 aliphatic rings. The summed E-state index contributed by atoms with van der Waals surface area (Å²) in [6.07, 6.45) is 2.75. The van der Waals surface area contributed by atoms with Gasteiger partial charge in [0, 0.05) is 6.20 Å². The zero-order valence-electron chi connectivity index (χ0n) is 17.5. The van der Waals surface area contributed by atoms with Gasteiger partial charge in [-0.25, -0.2) is 4.98 Å². The lowest BCUT2D eigenvalue weighted by atomic mass is 10.1. The Labute approximate surface area is 187 Å². The summed E-state index contributed by atoms with van der Waals surface area (Å²) < 4.78 is 1.77. The fraction of sp³-hybridized carbons (Fsp3) is 0.182. The van der Waals surface area contributed by atoms with Gasteiger partial charge in [0.2, 0.25) is 11.9 Å². The average molecular weight is 451 g/mol. The second kappa shape index (κ2) is 8.40. The zero-order chi connectivity index (χ0) is 22.9. The highest BCUT2D eigenvalue weighted by Gasteiger charge is 2.23. The Morgan fingerprint density at radius 2 is 2.06 bits per heavy atom. The number of hydrogen-bond acceptors (Lipinski definition) is 6. The van der Waals surface area contributed by atoms with Crippen LogP contribution in [-0.2, 0) is 11.3 Å². The summed E-state index contributed by atoms with van der Waals surface area (Å²) in [5.74, 6) is -0.448. The Kier molecular flexibility index (Phi) is 5.64. The molecule has 32 heavy (non-hydrogen) atoms. The summed E-state index contributed by atoms with van der Waals surface area (Å²) in [5, 5.41) is 22.7. The minimum Gasteiger partial charge on any atom is -0.389 e. The molecule has 4 rings (SSSR count). The molecule has 0 aliphatic carbocycles. The van der Waals surface area contributed by atoms with Crippen LogP contribution < -0.4 is 10.6 Å². The van der Waals surface area contributed by atoms with Gasteiger partial charge >= 0.3 is 0 Å². The molecule has 10 heteroatoms. The number of H-pyrrole nitrogens is 1. The minimum atomic E-state index is -1.01. The fourth-order valence-electron chi connectivity index (χ4n) is 3.24. The quantitative estimate of drug-likeness (QED) is 0.320. The minimum absolute atomic E-state index is 0.244. The smallest absolute Gasteiger partial charge is 0.268 e. The number of rotatable bonds is 7. The lowest BCUT2D eigenvalue weighted by Crippen LogP contribution is -2.27. The SMILES string of the molecule is C=CC(=O)Nc1cc(C(=O)Nc2nc3ccccc3n2CC(C)(C)O)sc1-c1ccn[nH]1. The number of aromatic nitrogens is 4. The van der Waals surface area contributed by atoms with Gasteiger partial charge in [-0.1, -0.05) is 18.7 Å². The molecular formula is C22H22N6O3S. The molecule has 2 amide bonds. The maximum atomic E-state index is 13.1. The standard InChI is InChI=1S/C22H22N6O3S/c1-4-18(29)24-15-11-17(32-19(15)14-9-10-23-27-14)20(30)26-21-25-13-7-5-6-8-16(13)28(21)12-22(2,3)31/h4-11,31H,1,12H2,2-3H3,(H,23,27)(H,24,29)(H,25,26,30). The van der Waals surface area contributed by atoms with E-state index in [1.165, 1.54) is 11.3 Å². The number of nitrogens with zero attached hydrogens (tertiary/aromatic N) is 3. The van der Waals surface area contributed by atoms with Crippen LogP contribution in [0.1, 0.15) is 23.5 Å². The molecule has 0 spiro atoms. The Morgan fingerprint density at radius 3 is 2.75 bits per heavy atom. The first-order valence-corrected chi connectivity index (χ1v) is 10.6. The number of carbonyl (C=O) groups excluding carboxylic acids is 2.